The summed E-state index contributed by atoms with van der Waals surface area (Å²) in [5.41, 5.74) is 7.54. The minimum absolute atomic E-state index is 0.631. The lowest BCUT2D eigenvalue weighted by molar-refractivity contribution is 0.342. The molecule has 96 valence electrons. The molecule has 0 aliphatic carbocycles. The molecule has 0 radical (unpaired) electrons. The maximum atomic E-state index is 5.81. The molecule has 0 fully saturated rings. The molecule has 0 aromatic heterocycles. The van der Waals surface area contributed by atoms with Gasteiger partial charge in [0.1, 0.15) is 5.75 Å². The first-order valence-electron chi connectivity index (χ1n) is 6.12. The molecule has 0 aliphatic heterocycles. The van der Waals surface area contributed by atoms with E-state index in [0.29, 0.717) is 12.3 Å². The molecule has 0 unspecified atom stereocenters. The van der Waals surface area contributed by atoms with Crippen LogP contribution in [0.5, 0.6) is 5.75 Å². The number of hydrogen-bond donors (Lipinski definition) is 2. The van der Waals surface area contributed by atoms with Gasteiger partial charge >= 0.3 is 0 Å². The van der Waals surface area contributed by atoms with Crippen molar-refractivity contribution in [1.29, 1.82) is 0 Å². The van der Waals surface area contributed by atoms with E-state index in [2.05, 4.69) is 24.2 Å². The molecule has 0 saturated carbocycles. The quantitative estimate of drug-likeness (QED) is 0.712. The SMILES string of the molecule is CCOc1cc(NCCN(C)CC)ccc1N. The molecule has 0 spiro atoms. The number of nitrogens with zero attached hydrogens (tertiary/aromatic N) is 1. The Bertz CT molecular complexity index is 341. The number of nitrogen functional groups attached to an aromatic ring is 1. The maximum absolute atomic E-state index is 5.81. The van der Waals surface area contributed by atoms with Crippen LogP contribution in [0.3, 0.4) is 0 Å². The average molecular weight is 237 g/mol. The molecular weight excluding hydrogens is 214 g/mol. The molecule has 1 aromatic rings. The first-order valence-corrected chi connectivity index (χ1v) is 6.12. The molecule has 4 heteroatoms. The van der Waals surface area contributed by atoms with Gasteiger partial charge < -0.3 is 20.7 Å². The van der Waals surface area contributed by atoms with Gasteiger partial charge in [-0.15, -0.1) is 0 Å². The number of nitrogens with two attached hydrogens (primary N) is 1. The molecule has 1 aromatic carbocycles. The topological polar surface area (TPSA) is 50.5 Å². The number of benzene rings is 1. The van der Waals surface area contributed by atoms with E-state index in [9.17, 15) is 0 Å². The number of anilines is 2. The molecule has 0 heterocycles. The summed E-state index contributed by atoms with van der Waals surface area (Å²) in [6, 6.07) is 5.80. The number of rotatable bonds is 7. The van der Waals surface area contributed by atoms with Crippen LogP contribution < -0.4 is 15.8 Å². The lowest BCUT2D eigenvalue weighted by atomic mass is 10.2. The highest BCUT2D eigenvalue weighted by Gasteiger charge is 2.01. The Morgan fingerprint density at radius 2 is 2.12 bits per heavy atom. The van der Waals surface area contributed by atoms with Gasteiger partial charge in [-0.3, -0.25) is 0 Å². The van der Waals surface area contributed by atoms with Crippen molar-refractivity contribution >= 4 is 11.4 Å². The fraction of sp³-hybridized carbons (Fsp3) is 0.538. The van der Waals surface area contributed by atoms with Crippen LogP contribution in [0.4, 0.5) is 11.4 Å². The van der Waals surface area contributed by atoms with Crippen LogP contribution in [-0.2, 0) is 0 Å². The summed E-state index contributed by atoms with van der Waals surface area (Å²) in [5, 5.41) is 3.36. The van der Waals surface area contributed by atoms with E-state index in [1.165, 1.54) is 0 Å². The summed E-state index contributed by atoms with van der Waals surface area (Å²) >= 11 is 0. The van der Waals surface area contributed by atoms with Crippen molar-refractivity contribution < 1.29 is 4.74 Å². The standard InChI is InChI=1S/C13H23N3O/c1-4-16(3)9-8-15-11-6-7-12(14)13(10-11)17-5-2/h6-7,10,15H,4-5,8-9,14H2,1-3H3. The van der Waals surface area contributed by atoms with Crippen molar-refractivity contribution in [1.82, 2.24) is 4.90 Å². The van der Waals surface area contributed by atoms with E-state index in [0.717, 1.165) is 31.1 Å². The van der Waals surface area contributed by atoms with Crippen molar-refractivity contribution in [2.75, 3.05) is 44.3 Å². The maximum Gasteiger partial charge on any atom is 0.144 e. The molecule has 3 N–H and O–H groups in total. The number of ether oxygens (including phenoxy) is 1. The van der Waals surface area contributed by atoms with Gasteiger partial charge in [-0.05, 0) is 32.6 Å². The Kier molecular flexibility index (Phi) is 5.63. The second kappa shape index (κ2) is 7.01. The van der Waals surface area contributed by atoms with E-state index in [4.69, 9.17) is 10.5 Å². The predicted molar refractivity (Wildman–Crippen MR) is 73.7 cm³/mol. The third kappa shape index (κ3) is 4.53. The highest BCUT2D eigenvalue weighted by Crippen LogP contribution is 2.25. The lowest BCUT2D eigenvalue weighted by Crippen LogP contribution is -2.24. The molecule has 0 saturated heterocycles. The highest BCUT2D eigenvalue weighted by atomic mass is 16.5. The Morgan fingerprint density at radius 3 is 2.76 bits per heavy atom. The van der Waals surface area contributed by atoms with Crippen molar-refractivity contribution in [3.8, 4) is 5.75 Å². The van der Waals surface area contributed by atoms with Crippen molar-refractivity contribution in [3.05, 3.63) is 18.2 Å². The first kappa shape index (κ1) is 13.6. The fourth-order valence-corrected chi connectivity index (χ4v) is 1.47. The molecule has 4 nitrogen and oxygen atoms in total. The predicted octanol–water partition coefficient (Wildman–Crippen LogP) is 2.03. The highest BCUT2D eigenvalue weighted by molar-refractivity contribution is 5.61. The monoisotopic (exact) mass is 237 g/mol. The summed E-state index contributed by atoms with van der Waals surface area (Å²) < 4.78 is 5.45. The van der Waals surface area contributed by atoms with Crippen LogP contribution >= 0.6 is 0 Å². The van der Waals surface area contributed by atoms with Crippen LogP contribution in [0.2, 0.25) is 0 Å². The third-order valence-corrected chi connectivity index (χ3v) is 2.68. The van der Waals surface area contributed by atoms with Crippen LogP contribution in [0, 0.1) is 0 Å². The minimum Gasteiger partial charge on any atom is -0.492 e. The van der Waals surface area contributed by atoms with Gasteiger partial charge in [0.2, 0.25) is 0 Å². The number of likely N-dealkylation sites (N-methyl/N-ethyl adjacent to an activating group) is 1. The summed E-state index contributed by atoms with van der Waals surface area (Å²) in [6.07, 6.45) is 0. The van der Waals surface area contributed by atoms with Gasteiger partial charge in [0, 0.05) is 24.8 Å². The van der Waals surface area contributed by atoms with E-state index in [-0.39, 0.29) is 0 Å². The van der Waals surface area contributed by atoms with E-state index >= 15 is 0 Å². The normalized spacial score (nSPS) is 10.6. The van der Waals surface area contributed by atoms with Gasteiger partial charge in [-0.25, -0.2) is 0 Å². The molecule has 0 bridgehead atoms. The largest absolute Gasteiger partial charge is 0.492 e. The van der Waals surface area contributed by atoms with E-state index < -0.39 is 0 Å². The Morgan fingerprint density at radius 1 is 1.35 bits per heavy atom. The van der Waals surface area contributed by atoms with Gasteiger partial charge in [0.15, 0.2) is 0 Å². The van der Waals surface area contributed by atoms with Gasteiger partial charge in [-0.1, -0.05) is 6.92 Å². The average Bonchev–Trinajstić information content (AvgIpc) is 2.33. The first-order chi connectivity index (χ1) is 8.17. The molecule has 1 rings (SSSR count). The van der Waals surface area contributed by atoms with Gasteiger partial charge in [-0.2, -0.15) is 0 Å². The fourth-order valence-electron chi connectivity index (χ4n) is 1.47. The Balaban J connectivity index is 2.51. The molecular formula is C13H23N3O. The Labute approximate surface area is 104 Å². The zero-order valence-electron chi connectivity index (χ0n) is 11.0. The van der Waals surface area contributed by atoms with Crippen LogP contribution in [0.15, 0.2) is 18.2 Å². The molecule has 0 amide bonds. The summed E-state index contributed by atoms with van der Waals surface area (Å²) in [7, 11) is 2.11. The second-order valence-corrected chi connectivity index (χ2v) is 4.01. The Hall–Kier alpha value is -1.42. The zero-order chi connectivity index (χ0) is 12.7. The van der Waals surface area contributed by atoms with E-state index in [1.54, 1.807) is 0 Å². The van der Waals surface area contributed by atoms with E-state index in [1.807, 2.05) is 25.1 Å². The van der Waals surface area contributed by atoms with Gasteiger partial charge in [0.05, 0.1) is 12.3 Å². The molecule has 0 aliphatic rings. The van der Waals surface area contributed by atoms with Crippen molar-refractivity contribution in [2.45, 2.75) is 13.8 Å². The van der Waals surface area contributed by atoms with Crippen LogP contribution in [-0.4, -0.2) is 38.2 Å². The number of nitrogens with one attached hydrogen (secondary N) is 1. The van der Waals surface area contributed by atoms with Crippen molar-refractivity contribution in [3.63, 3.8) is 0 Å². The van der Waals surface area contributed by atoms with Crippen molar-refractivity contribution in [2.24, 2.45) is 0 Å². The second-order valence-electron chi connectivity index (χ2n) is 4.01. The summed E-state index contributed by atoms with van der Waals surface area (Å²) in [6.45, 7) is 7.73. The number of hydrogen-bond acceptors (Lipinski definition) is 4. The third-order valence-electron chi connectivity index (χ3n) is 2.68. The lowest BCUT2D eigenvalue weighted by Gasteiger charge is -2.15. The van der Waals surface area contributed by atoms with Crippen LogP contribution in [0.25, 0.3) is 0 Å². The minimum atomic E-state index is 0.631. The summed E-state index contributed by atoms with van der Waals surface area (Å²) in [5.74, 6) is 0.751. The molecule has 0 atom stereocenters. The smallest absolute Gasteiger partial charge is 0.144 e. The summed E-state index contributed by atoms with van der Waals surface area (Å²) in [4.78, 5) is 2.26. The molecule has 17 heavy (non-hydrogen) atoms. The van der Waals surface area contributed by atoms with Crippen LogP contribution in [0.1, 0.15) is 13.8 Å². The zero-order valence-corrected chi connectivity index (χ0v) is 11.0. The van der Waals surface area contributed by atoms with Gasteiger partial charge in [0.25, 0.3) is 0 Å².